The molecule has 1 aromatic rings. The van der Waals surface area contributed by atoms with Crippen LogP contribution in [0.1, 0.15) is 22.6 Å². The normalized spacial score (nSPS) is 10.4. The lowest BCUT2D eigenvalue weighted by Crippen LogP contribution is -2.26. The molecule has 19 heavy (non-hydrogen) atoms. The Morgan fingerprint density at radius 2 is 2.11 bits per heavy atom. The molecule has 0 aliphatic carbocycles. The smallest absolute Gasteiger partial charge is 0.304 e. The van der Waals surface area contributed by atoms with Gasteiger partial charge in [-0.3, -0.25) is 14.7 Å². The molecule has 1 aromatic heterocycles. The third kappa shape index (κ3) is 5.87. The fourth-order valence-electron chi connectivity index (χ4n) is 1.10. The number of rotatable bonds is 8. The summed E-state index contributed by atoms with van der Waals surface area (Å²) < 4.78 is 0.675. The van der Waals surface area contributed by atoms with E-state index in [0.29, 0.717) is 22.5 Å². The number of aromatic amines is 1. The number of aryl methyl sites for hydroxylation is 1. The number of aromatic nitrogens is 2. The highest BCUT2D eigenvalue weighted by atomic mass is 79.9. The predicted molar refractivity (Wildman–Crippen MR) is 80.5 cm³/mol. The number of nitrogens with one attached hydrogen (secondary N) is 2. The van der Waals surface area contributed by atoms with Gasteiger partial charge in [0, 0.05) is 23.7 Å². The zero-order valence-corrected chi connectivity index (χ0v) is 13.5. The van der Waals surface area contributed by atoms with Crippen molar-refractivity contribution >= 4 is 49.4 Å². The number of halogens is 1. The van der Waals surface area contributed by atoms with E-state index < -0.39 is 5.97 Å². The summed E-state index contributed by atoms with van der Waals surface area (Å²) in [6, 6.07) is 0. The van der Waals surface area contributed by atoms with Gasteiger partial charge in [0.25, 0.3) is 5.91 Å². The number of carbonyl (C=O) groups is 2. The van der Waals surface area contributed by atoms with Crippen LogP contribution in [0.15, 0.2) is 4.47 Å². The summed E-state index contributed by atoms with van der Waals surface area (Å²) in [4.78, 5) is 22.0. The topological polar surface area (TPSA) is 95.1 Å². The van der Waals surface area contributed by atoms with E-state index in [1.807, 2.05) is 6.92 Å². The summed E-state index contributed by atoms with van der Waals surface area (Å²) in [5.74, 6) is 0.266. The number of hydrogen-bond donors (Lipinski definition) is 3. The van der Waals surface area contributed by atoms with Crippen molar-refractivity contribution in [2.24, 2.45) is 0 Å². The van der Waals surface area contributed by atoms with Gasteiger partial charge in [-0.1, -0.05) is 21.6 Å². The van der Waals surface area contributed by atoms with Gasteiger partial charge < -0.3 is 10.4 Å². The first kappa shape index (κ1) is 16.4. The Hall–Kier alpha value is -0.670. The SMILES string of the molecule is Cc1[nH]nc(C(=O)NCCSSCCC(=O)O)c1Br. The molecule has 0 aliphatic rings. The van der Waals surface area contributed by atoms with Crippen LogP contribution in [-0.4, -0.2) is 45.2 Å². The molecule has 1 rings (SSSR count). The minimum atomic E-state index is -0.792. The van der Waals surface area contributed by atoms with Crippen LogP contribution in [0.2, 0.25) is 0 Å². The van der Waals surface area contributed by atoms with Crippen LogP contribution in [0.25, 0.3) is 0 Å². The Morgan fingerprint density at radius 3 is 2.68 bits per heavy atom. The highest BCUT2D eigenvalue weighted by molar-refractivity contribution is 9.10. The molecule has 0 spiro atoms. The van der Waals surface area contributed by atoms with Gasteiger partial charge in [0.2, 0.25) is 0 Å². The first-order chi connectivity index (χ1) is 9.02. The van der Waals surface area contributed by atoms with Crippen LogP contribution in [0, 0.1) is 6.92 Å². The van der Waals surface area contributed by atoms with Crippen LogP contribution >= 0.6 is 37.5 Å². The van der Waals surface area contributed by atoms with E-state index >= 15 is 0 Å². The number of carboxylic acids is 1. The van der Waals surface area contributed by atoms with Gasteiger partial charge >= 0.3 is 5.97 Å². The maximum atomic E-state index is 11.7. The molecule has 0 fully saturated rings. The highest BCUT2D eigenvalue weighted by Crippen LogP contribution is 2.21. The van der Waals surface area contributed by atoms with Crippen molar-refractivity contribution in [1.29, 1.82) is 0 Å². The summed E-state index contributed by atoms with van der Waals surface area (Å²) in [5.41, 5.74) is 1.16. The summed E-state index contributed by atoms with van der Waals surface area (Å²) in [6.07, 6.45) is 0.156. The third-order valence-electron chi connectivity index (χ3n) is 2.04. The average Bonchev–Trinajstić information content (AvgIpc) is 2.68. The van der Waals surface area contributed by atoms with Crippen molar-refractivity contribution in [3.8, 4) is 0 Å². The second-order valence-corrected chi connectivity index (χ2v) is 7.05. The van der Waals surface area contributed by atoms with Crippen molar-refractivity contribution in [1.82, 2.24) is 15.5 Å². The standard InChI is InChI=1S/C10H14BrN3O3S2/c1-6-8(11)9(14-13-6)10(17)12-3-5-19-18-4-2-7(15)16/h2-5H2,1H3,(H,12,17)(H,13,14)(H,15,16). The van der Waals surface area contributed by atoms with Gasteiger partial charge in [0.1, 0.15) is 0 Å². The van der Waals surface area contributed by atoms with Crippen LogP contribution < -0.4 is 5.32 Å². The molecule has 6 nitrogen and oxygen atoms in total. The van der Waals surface area contributed by atoms with E-state index in [1.54, 1.807) is 10.8 Å². The van der Waals surface area contributed by atoms with Crippen LogP contribution in [0.4, 0.5) is 0 Å². The summed E-state index contributed by atoms with van der Waals surface area (Å²) in [6.45, 7) is 2.34. The number of H-pyrrole nitrogens is 1. The Bertz CT molecular complexity index is 453. The first-order valence-electron chi connectivity index (χ1n) is 5.47. The lowest BCUT2D eigenvalue weighted by molar-refractivity contribution is -0.136. The summed E-state index contributed by atoms with van der Waals surface area (Å²) >= 11 is 3.29. The maximum Gasteiger partial charge on any atom is 0.304 e. The van der Waals surface area contributed by atoms with E-state index in [2.05, 4.69) is 31.4 Å². The molecule has 0 bridgehead atoms. The van der Waals surface area contributed by atoms with Crippen LogP contribution in [0.5, 0.6) is 0 Å². The molecule has 0 aliphatic heterocycles. The summed E-state index contributed by atoms with van der Waals surface area (Å²) in [5, 5.41) is 17.8. The number of aliphatic carboxylic acids is 1. The molecule has 0 aromatic carbocycles. The molecular formula is C10H14BrN3O3S2. The molecular weight excluding hydrogens is 354 g/mol. The molecule has 1 amide bonds. The third-order valence-corrected chi connectivity index (χ3v) is 5.42. The molecule has 1 heterocycles. The molecule has 106 valence electrons. The van der Waals surface area contributed by atoms with Gasteiger partial charge in [-0.25, -0.2) is 0 Å². The molecule has 0 saturated heterocycles. The van der Waals surface area contributed by atoms with Crippen LogP contribution in [0.3, 0.4) is 0 Å². The fourth-order valence-corrected chi connectivity index (χ4v) is 3.35. The van der Waals surface area contributed by atoms with Gasteiger partial charge in [-0.05, 0) is 22.9 Å². The van der Waals surface area contributed by atoms with E-state index in [9.17, 15) is 9.59 Å². The van der Waals surface area contributed by atoms with Gasteiger partial charge in [0.05, 0.1) is 10.9 Å². The van der Waals surface area contributed by atoms with Crippen molar-refractivity contribution in [3.05, 3.63) is 15.9 Å². The van der Waals surface area contributed by atoms with Gasteiger partial charge in [0.15, 0.2) is 5.69 Å². The number of carboxylic acid groups (broad SMARTS) is 1. The minimum Gasteiger partial charge on any atom is -0.481 e. The monoisotopic (exact) mass is 367 g/mol. The zero-order valence-electron chi connectivity index (χ0n) is 10.2. The van der Waals surface area contributed by atoms with Crippen LogP contribution in [-0.2, 0) is 4.79 Å². The average molecular weight is 368 g/mol. The predicted octanol–water partition coefficient (Wildman–Crippen LogP) is 2.07. The lowest BCUT2D eigenvalue weighted by atomic mass is 10.3. The van der Waals surface area contributed by atoms with E-state index in [0.717, 1.165) is 11.4 Å². The molecule has 0 unspecified atom stereocenters. The zero-order chi connectivity index (χ0) is 14.3. The Kier molecular flexibility index (Phi) is 7.32. The second kappa shape index (κ2) is 8.49. The molecule has 0 atom stereocenters. The first-order valence-corrected chi connectivity index (χ1v) is 8.75. The Balaban J connectivity index is 2.14. The lowest BCUT2D eigenvalue weighted by Gasteiger charge is -2.03. The minimum absolute atomic E-state index is 0.156. The second-order valence-electron chi connectivity index (χ2n) is 3.55. The van der Waals surface area contributed by atoms with Crippen molar-refractivity contribution < 1.29 is 14.7 Å². The number of amides is 1. The van der Waals surface area contributed by atoms with Crippen molar-refractivity contribution in [3.63, 3.8) is 0 Å². The van der Waals surface area contributed by atoms with Gasteiger partial charge in [-0.15, -0.1) is 0 Å². The largest absolute Gasteiger partial charge is 0.481 e. The number of hydrogen-bond acceptors (Lipinski definition) is 5. The van der Waals surface area contributed by atoms with Gasteiger partial charge in [-0.2, -0.15) is 5.10 Å². The molecule has 0 saturated carbocycles. The van der Waals surface area contributed by atoms with E-state index in [-0.39, 0.29) is 12.3 Å². The Morgan fingerprint density at radius 1 is 1.42 bits per heavy atom. The van der Waals surface area contributed by atoms with Crippen molar-refractivity contribution in [2.45, 2.75) is 13.3 Å². The quantitative estimate of drug-likeness (QED) is 0.480. The molecule has 9 heteroatoms. The Labute approximate surface area is 127 Å². The highest BCUT2D eigenvalue weighted by Gasteiger charge is 2.14. The van der Waals surface area contributed by atoms with E-state index in [1.165, 1.54) is 10.8 Å². The van der Waals surface area contributed by atoms with Crippen molar-refractivity contribution in [2.75, 3.05) is 18.1 Å². The fraction of sp³-hybridized carbons (Fsp3) is 0.500. The molecule has 3 N–H and O–H groups in total. The number of nitrogens with zero attached hydrogens (tertiary/aromatic N) is 1. The van der Waals surface area contributed by atoms with E-state index in [4.69, 9.17) is 5.11 Å². The maximum absolute atomic E-state index is 11.7. The summed E-state index contributed by atoms with van der Waals surface area (Å²) in [7, 11) is 3.03. The molecule has 0 radical (unpaired) electrons. The number of carbonyl (C=O) groups excluding carboxylic acids is 1.